The van der Waals surface area contributed by atoms with Crippen molar-refractivity contribution in [2.24, 2.45) is 7.05 Å². The highest BCUT2D eigenvalue weighted by molar-refractivity contribution is 9.10. The molecule has 2 aromatic rings. The van der Waals surface area contributed by atoms with Gasteiger partial charge in [0.2, 0.25) is 0 Å². The lowest BCUT2D eigenvalue weighted by Gasteiger charge is -1.96. The molecule has 1 aromatic carbocycles. The van der Waals surface area contributed by atoms with Crippen LogP contribution in [-0.4, -0.2) is 9.78 Å². The maximum Gasteiger partial charge on any atom is 0.0934 e. The van der Waals surface area contributed by atoms with Crippen LogP contribution in [0.2, 0.25) is 0 Å². The third kappa shape index (κ3) is 1.05. The van der Waals surface area contributed by atoms with Gasteiger partial charge in [-0.05, 0) is 34.5 Å². The first-order valence-corrected chi connectivity index (χ1v) is 4.56. The molecule has 0 fully saturated rings. The summed E-state index contributed by atoms with van der Waals surface area (Å²) in [6.07, 6.45) is 2.02. The molecule has 0 aliphatic rings. The minimum Gasteiger partial charge on any atom is -0.275 e. The summed E-state index contributed by atoms with van der Waals surface area (Å²) in [5, 5.41) is 5.48. The van der Waals surface area contributed by atoms with Crippen LogP contribution in [-0.2, 0) is 7.05 Å². The van der Waals surface area contributed by atoms with Crippen molar-refractivity contribution in [2.75, 3.05) is 0 Å². The maximum atomic E-state index is 4.30. The van der Waals surface area contributed by atoms with E-state index in [9.17, 15) is 0 Å². The van der Waals surface area contributed by atoms with Gasteiger partial charge in [-0.15, -0.1) is 0 Å². The zero-order valence-corrected chi connectivity index (χ0v) is 8.59. The molecule has 0 spiro atoms. The summed E-state index contributed by atoms with van der Waals surface area (Å²) in [6, 6.07) is 4.11. The molecule has 0 saturated heterocycles. The second-order valence-electron chi connectivity index (χ2n) is 2.93. The maximum absolute atomic E-state index is 4.30. The van der Waals surface area contributed by atoms with Gasteiger partial charge in [-0.1, -0.05) is 6.07 Å². The fourth-order valence-electron chi connectivity index (χ4n) is 1.29. The predicted octanol–water partition coefficient (Wildman–Crippen LogP) is 2.64. The fourth-order valence-corrected chi connectivity index (χ4v) is 1.73. The van der Waals surface area contributed by atoms with Gasteiger partial charge in [0, 0.05) is 23.1 Å². The minimum atomic E-state index is 1.04. The Morgan fingerprint density at radius 3 is 2.92 bits per heavy atom. The summed E-state index contributed by atoms with van der Waals surface area (Å²) < 4.78 is 2.97. The molecule has 12 heavy (non-hydrogen) atoms. The molecule has 2 rings (SSSR count). The molecule has 0 aliphatic carbocycles. The Labute approximate surface area is 79.3 Å². The molecule has 0 saturated carbocycles. The Morgan fingerprint density at radius 2 is 2.17 bits per heavy atom. The Hall–Kier alpha value is -0.830. The summed E-state index contributed by atoms with van der Waals surface area (Å²) >= 11 is 3.54. The number of nitrogens with zero attached hydrogens (tertiary/aromatic N) is 2. The first-order chi connectivity index (χ1) is 5.68. The molecule has 0 atom stereocenters. The van der Waals surface area contributed by atoms with Crippen LogP contribution in [0.3, 0.4) is 0 Å². The van der Waals surface area contributed by atoms with Crippen molar-refractivity contribution in [1.29, 1.82) is 0 Å². The zero-order valence-electron chi connectivity index (χ0n) is 7.00. The number of halogens is 1. The van der Waals surface area contributed by atoms with Crippen molar-refractivity contribution in [3.8, 4) is 0 Å². The smallest absolute Gasteiger partial charge is 0.0934 e. The van der Waals surface area contributed by atoms with E-state index in [1.165, 1.54) is 10.9 Å². The van der Waals surface area contributed by atoms with E-state index in [0.29, 0.717) is 0 Å². The molecule has 62 valence electrons. The van der Waals surface area contributed by atoms with Crippen molar-refractivity contribution in [3.05, 3.63) is 28.4 Å². The number of hydrogen-bond acceptors (Lipinski definition) is 1. The monoisotopic (exact) mass is 224 g/mol. The summed E-state index contributed by atoms with van der Waals surface area (Å²) in [5.74, 6) is 0. The number of rotatable bonds is 0. The summed E-state index contributed by atoms with van der Waals surface area (Å²) in [4.78, 5) is 0. The van der Waals surface area contributed by atoms with E-state index in [-0.39, 0.29) is 0 Å². The number of benzene rings is 1. The van der Waals surface area contributed by atoms with Crippen LogP contribution in [0.25, 0.3) is 10.9 Å². The van der Waals surface area contributed by atoms with E-state index < -0.39 is 0 Å². The molecule has 0 unspecified atom stereocenters. The van der Waals surface area contributed by atoms with Gasteiger partial charge in [-0.2, -0.15) is 5.10 Å². The van der Waals surface area contributed by atoms with E-state index in [0.717, 1.165) is 9.99 Å². The Balaban J connectivity index is 2.89. The van der Waals surface area contributed by atoms with Crippen LogP contribution in [0, 0.1) is 6.92 Å². The fraction of sp³-hybridized carbons (Fsp3) is 0.222. The summed E-state index contributed by atoms with van der Waals surface area (Å²) in [6.45, 7) is 2.08. The summed E-state index contributed by atoms with van der Waals surface area (Å²) in [5.41, 5.74) is 2.28. The molecule has 0 amide bonds. The number of fused-ring (bicyclic) bond motifs is 1. The molecule has 0 radical (unpaired) electrons. The second-order valence-corrected chi connectivity index (χ2v) is 3.73. The van der Waals surface area contributed by atoms with Gasteiger partial charge in [-0.3, -0.25) is 4.68 Å². The largest absolute Gasteiger partial charge is 0.275 e. The van der Waals surface area contributed by atoms with Crippen LogP contribution < -0.4 is 0 Å². The van der Waals surface area contributed by atoms with Gasteiger partial charge < -0.3 is 0 Å². The van der Waals surface area contributed by atoms with Gasteiger partial charge in [0.25, 0.3) is 0 Å². The standard InChI is InChI=1S/C9H9BrN2/c1-6-3-4-8-7(9(6)10)5-12(2)11-8/h3-5H,1-2H3. The Kier molecular flexibility index (Phi) is 1.68. The molecular formula is C9H9BrN2. The highest BCUT2D eigenvalue weighted by atomic mass is 79.9. The van der Waals surface area contributed by atoms with Crippen molar-refractivity contribution >= 4 is 26.8 Å². The normalized spacial score (nSPS) is 10.9. The minimum absolute atomic E-state index is 1.04. The van der Waals surface area contributed by atoms with Gasteiger partial charge >= 0.3 is 0 Å². The SMILES string of the molecule is Cc1ccc2nn(C)cc2c1Br. The molecule has 0 aliphatic heterocycles. The van der Waals surface area contributed by atoms with E-state index in [1.54, 1.807) is 0 Å². The third-order valence-electron chi connectivity index (χ3n) is 1.93. The van der Waals surface area contributed by atoms with Crippen molar-refractivity contribution in [2.45, 2.75) is 6.92 Å². The number of aryl methyl sites for hydroxylation is 2. The average Bonchev–Trinajstić information content (AvgIpc) is 2.39. The first kappa shape index (κ1) is 7.80. The topological polar surface area (TPSA) is 17.8 Å². The molecule has 0 bridgehead atoms. The number of aromatic nitrogens is 2. The molecule has 0 N–H and O–H groups in total. The average molecular weight is 225 g/mol. The molecule has 1 heterocycles. The van der Waals surface area contributed by atoms with Crippen molar-refractivity contribution < 1.29 is 0 Å². The Bertz CT molecular complexity index is 431. The lowest BCUT2D eigenvalue weighted by Crippen LogP contribution is -1.84. The van der Waals surface area contributed by atoms with E-state index in [4.69, 9.17) is 0 Å². The van der Waals surface area contributed by atoms with Crippen molar-refractivity contribution in [1.82, 2.24) is 9.78 Å². The van der Waals surface area contributed by atoms with E-state index >= 15 is 0 Å². The first-order valence-electron chi connectivity index (χ1n) is 3.77. The van der Waals surface area contributed by atoms with Crippen LogP contribution in [0.15, 0.2) is 22.8 Å². The lowest BCUT2D eigenvalue weighted by atomic mass is 10.2. The van der Waals surface area contributed by atoms with Gasteiger partial charge in [0.15, 0.2) is 0 Å². The van der Waals surface area contributed by atoms with E-state index in [1.807, 2.05) is 24.0 Å². The third-order valence-corrected chi connectivity index (χ3v) is 2.98. The highest BCUT2D eigenvalue weighted by Crippen LogP contribution is 2.25. The molecule has 1 aromatic heterocycles. The van der Waals surface area contributed by atoms with Crippen LogP contribution >= 0.6 is 15.9 Å². The second kappa shape index (κ2) is 2.59. The molecular weight excluding hydrogens is 216 g/mol. The number of hydrogen-bond donors (Lipinski definition) is 0. The molecule has 2 nitrogen and oxygen atoms in total. The van der Waals surface area contributed by atoms with Gasteiger partial charge in [0.05, 0.1) is 5.52 Å². The van der Waals surface area contributed by atoms with E-state index in [2.05, 4.69) is 34.0 Å². The Morgan fingerprint density at radius 1 is 1.42 bits per heavy atom. The van der Waals surface area contributed by atoms with Crippen LogP contribution in [0.5, 0.6) is 0 Å². The predicted molar refractivity (Wildman–Crippen MR) is 53.2 cm³/mol. The quantitative estimate of drug-likeness (QED) is 0.673. The van der Waals surface area contributed by atoms with Gasteiger partial charge in [-0.25, -0.2) is 0 Å². The van der Waals surface area contributed by atoms with Crippen molar-refractivity contribution in [3.63, 3.8) is 0 Å². The highest BCUT2D eigenvalue weighted by Gasteiger charge is 2.03. The molecule has 3 heteroatoms. The zero-order chi connectivity index (χ0) is 8.72. The van der Waals surface area contributed by atoms with Gasteiger partial charge in [0.1, 0.15) is 0 Å². The lowest BCUT2D eigenvalue weighted by molar-refractivity contribution is 0.779. The van der Waals surface area contributed by atoms with Crippen LogP contribution in [0.4, 0.5) is 0 Å². The summed E-state index contributed by atoms with van der Waals surface area (Å²) in [7, 11) is 1.93. The van der Waals surface area contributed by atoms with Crippen LogP contribution in [0.1, 0.15) is 5.56 Å².